The molecule has 0 N–H and O–H groups in total. The molecule has 0 saturated carbocycles. The Bertz CT molecular complexity index is 1050. The standard InChI is InChI=1S/C16H12ClN5O3S/c1-10-6-19-12(7-18-10)9-22(13-4-2-3-11(17)5-13)16(23)15-14(26(24)25)8-20-21-15/h2-8H,9H2,1H3. The number of benzene rings is 1. The van der Waals surface area contributed by atoms with Crippen LogP contribution in [0.2, 0.25) is 5.02 Å². The summed E-state index contributed by atoms with van der Waals surface area (Å²) in [5.74, 6) is -0.633. The zero-order valence-corrected chi connectivity index (χ0v) is 15.1. The summed E-state index contributed by atoms with van der Waals surface area (Å²) in [6.07, 6.45) is 4.15. The summed E-state index contributed by atoms with van der Waals surface area (Å²) in [7, 11) is -2.63. The highest BCUT2D eigenvalue weighted by Gasteiger charge is 2.28. The van der Waals surface area contributed by atoms with Gasteiger partial charge in [0.1, 0.15) is 4.86 Å². The van der Waals surface area contributed by atoms with E-state index in [1.165, 1.54) is 4.90 Å². The molecule has 2 aromatic rings. The van der Waals surface area contributed by atoms with Crippen LogP contribution in [0, 0.1) is 6.92 Å². The number of rotatable bonds is 4. The monoisotopic (exact) mass is 389 g/mol. The third-order valence-corrected chi connectivity index (χ3v) is 4.36. The number of hydrogen-bond donors (Lipinski definition) is 0. The van der Waals surface area contributed by atoms with Crippen molar-refractivity contribution in [3.63, 3.8) is 0 Å². The number of carbonyl (C=O) groups is 1. The van der Waals surface area contributed by atoms with E-state index in [1.54, 1.807) is 43.6 Å². The number of hydrogen-bond acceptors (Lipinski definition) is 7. The summed E-state index contributed by atoms with van der Waals surface area (Å²) in [5.41, 5.74) is 1.46. The van der Waals surface area contributed by atoms with Crippen molar-refractivity contribution in [1.29, 1.82) is 0 Å². The summed E-state index contributed by atoms with van der Waals surface area (Å²) in [6.45, 7) is 1.86. The van der Waals surface area contributed by atoms with Gasteiger partial charge >= 0.3 is 0 Å². The van der Waals surface area contributed by atoms with E-state index in [4.69, 9.17) is 11.6 Å². The second-order valence-corrected chi connectivity index (χ2v) is 6.66. The fourth-order valence-electron chi connectivity index (χ4n) is 2.23. The van der Waals surface area contributed by atoms with E-state index < -0.39 is 16.2 Å². The first-order valence-corrected chi connectivity index (χ1v) is 8.83. The highest BCUT2D eigenvalue weighted by molar-refractivity contribution is 7.77. The maximum Gasteiger partial charge on any atom is 0.280 e. The van der Waals surface area contributed by atoms with E-state index in [2.05, 4.69) is 20.2 Å². The van der Waals surface area contributed by atoms with Gasteiger partial charge in [0.25, 0.3) is 5.91 Å². The molecule has 8 nitrogen and oxygen atoms in total. The fraction of sp³-hybridized carbons (Fsp3) is 0.125. The van der Waals surface area contributed by atoms with Crippen LogP contribution in [0.15, 0.2) is 46.9 Å². The van der Waals surface area contributed by atoms with Crippen LogP contribution in [-0.4, -0.2) is 41.1 Å². The Kier molecular flexibility index (Phi) is 5.19. The molecular weight excluding hydrogens is 378 g/mol. The zero-order valence-electron chi connectivity index (χ0n) is 13.5. The van der Waals surface area contributed by atoms with Crippen LogP contribution < -0.4 is 4.90 Å². The Labute approximate surface area is 155 Å². The SMILES string of the molecule is Cc1cnc(CN(C(=O)C2=NN=CC2=S(=O)=O)c2cccc(Cl)c2)cn1. The van der Waals surface area contributed by atoms with Crippen molar-refractivity contribution in [3.8, 4) is 0 Å². The van der Waals surface area contributed by atoms with Crippen LogP contribution in [0.1, 0.15) is 11.4 Å². The van der Waals surface area contributed by atoms with Gasteiger partial charge in [-0.25, -0.2) is 0 Å². The number of aromatic nitrogens is 2. The molecule has 0 radical (unpaired) electrons. The lowest BCUT2D eigenvalue weighted by Crippen LogP contribution is -2.39. The van der Waals surface area contributed by atoms with Crippen molar-refractivity contribution in [2.24, 2.45) is 10.2 Å². The van der Waals surface area contributed by atoms with Gasteiger partial charge in [0.15, 0.2) is 5.71 Å². The predicted octanol–water partition coefficient (Wildman–Crippen LogP) is 1.46. The molecule has 3 rings (SSSR count). The molecule has 1 aliphatic rings. The molecule has 0 unspecified atom stereocenters. The number of nitrogens with zero attached hydrogens (tertiary/aromatic N) is 5. The van der Waals surface area contributed by atoms with E-state index >= 15 is 0 Å². The summed E-state index contributed by atoms with van der Waals surface area (Å²) >= 11 is 6.03. The summed E-state index contributed by atoms with van der Waals surface area (Å²) in [5, 5.41) is 7.62. The number of anilines is 1. The van der Waals surface area contributed by atoms with Crippen molar-refractivity contribution < 1.29 is 13.2 Å². The van der Waals surface area contributed by atoms with Gasteiger partial charge < -0.3 is 4.90 Å². The minimum atomic E-state index is -2.63. The fourth-order valence-corrected chi connectivity index (χ4v) is 2.84. The van der Waals surface area contributed by atoms with Gasteiger partial charge in [0.05, 0.1) is 30.3 Å². The minimum Gasteiger partial charge on any atom is -0.301 e. The van der Waals surface area contributed by atoms with Crippen molar-refractivity contribution >= 4 is 50.3 Å². The largest absolute Gasteiger partial charge is 0.301 e. The first kappa shape index (κ1) is 17.9. The van der Waals surface area contributed by atoms with E-state index in [0.29, 0.717) is 16.4 Å². The molecule has 26 heavy (non-hydrogen) atoms. The second-order valence-electron chi connectivity index (χ2n) is 5.31. The quantitative estimate of drug-likeness (QED) is 0.736. The van der Waals surface area contributed by atoms with Gasteiger partial charge in [0, 0.05) is 16.9 Å². The van der Waals surface area contributed by atoms with Crippen LogP contribution in [0.4, 0.5) is 5.69 Å². The molecule has 0 bridgehead atoms. The molecule has 10 heteroatoms. The second kappa shape index (κ2) is 7.54. The number of carbonyl (C=O) groups excluding carboxylic acids is 1. The van der Waals surface area contributed by atoms with E-state index in [1.807, 2.05) is 0 Å². The molecule has 0 fully saturated rings. The van der Waals surface area contributed by atoms with E-state index in [0.717, 1.165) is 11.9 Å². The van der Waals surface area contributed by atoms with Crippen molar-refractivity contribution in [3.05, 3.63) is 53.1 Å². The van der Waals surface area contributed by atoms with Crippen molar-refractivity contribution in [2.75, 3.05) is 4.90 Å². The highest BCUT2D eigenvalue weighted by Crippen LogP contribution is 2.22. The minimum absolute atomic E-state index is 0.0598. The van der Waals surface area contributed by atoms with Gasteiger partial charge in [-0.1, -0.05) is 17.7 Å². The van der Waals surface area contributed by atoms with Gasteiger partial charge in [-0.3, -0.25) is 14.8 Å². The average molecular weight is 390 g/mol. The first-order chi connectivity index (χ1) is 12.5. The lowest BCUT2D eigenvalue weighted by atomic mass is 10.2. The van der Waals surface area contributed by atoms with Crippen LogP contribution >= 0.6 is 11.6 Å². The Balaban J connectivity index is 2.02. The average Bonchev–Trinajstić information content (AvgIpc) is 3.11. The van der Waals surface area contributed by atoms with Gasteiger partial charge in [-0.15, -0.1) is 5.10 Å². The van der Waals surface area contributed by atoms with Crippen molar-refractivity contribution in [1.82, 2.24) is 9.97 Å². The highest BCUT2D eigenvalue weighted by atomic mass is 35.5. The molecule has 0 atom stereocenters. The Morgan fingerprint density at radius 3 is 2.69 bits per heavy atom. The maximum absolute atomic E-state index is 13.0. The van der Waals surface area contributed by atoms with E-state index in [9.17, 15) is 13.2 Å². The van der Waals surface area contributed by atoms with Gasteiger partial charge in [0.2, 0.25) is 10.3 Å². The Morgan fingerprint density at radius 2 is 2.04 bits per heavy atom. The third-order valence-electron chi connectivity index (χ3n) is 3.47. The molecule has 0 aliphatic carbocycles. The molecule has 1 aliphatic heterocycles. The van der Waals surface area contributed by atoms with Crippen molar-refractivity contribution in [2.45, 2.75) is 13.5 Å². The third kappa shape index (κ3) is 3.84. The van der Waals surface area contributed by atoms with Gasteiger partial charge in [-0.05, 0) is 25.1 Å². The molecular formula is C16H12ClN5O3S. The number of amides is 1. The molecule has 1 aromatic carbocycles. The molecule has 0 spiro atoms. The first-order valence-electron chi connectivity index (χ1n) is 7.38. The van der Waals surface area contributed by atoms with E-state index in [-0.39, 0.29) is 17.1 Å². The van der Waals surface area contributed by atoms with Crippen LogP contribution in [0.3, 0.4) is 0 Å². The number of aryl methyl sites for hydroxylation is 1. The number of halogens is 1. The smallest absolute Gasteiger partial charge is 0.280 e. The topological polar surface area (TPSA) is 105 Å². The molecule has 2 heterocycles. The van der Waals surface area contributed by atoms with Crippen LogP contribution in [-0.2, 0) is 21.6 Å². The molecule has 0 saturated heterocycles. The summed E-state index contributed by atoms with van der Waals surface area (Å²) in [6, 6.07) is 6.61. The molecule has 1 amide bonds. The maximum atomic E-state index is 13.0. The summed E-state index contributed by atoms with van der Waals surface area (Å²) < 4.78 is 22.6. The normalized spacial score (nSPS) is 12.8. The summed E-state index contributed by atoms with van der Waals surface area (Å²) in [4.78, 5) is 22.4. The van der Waals surface area contributed by atoms with Crippen LogP contribution in [0.5, 0.6) is 0 Å². The Morgan fingerprint density at radius 1 is 1.23 bits per heavy atom. The van der Waals surface area contributed by atoms with Crippen LogP contribution in [0.25, 0.3) is 0 Å². The van der Waals surface area contributed by atoms with Gasteiger partial charge in [-0.2, -0.15) is 13.5 Å². The lowest BCUT2D eigenvalue weighted by Gasteiger charge is -2.22. The zero-order chi connectivity index (χ0) is 18.7. The lowest BCUT2D eigenvalue weighted by molar-refractivity contribution is -0.112. The molecule has 1 aromatic heterocycles. The predicted molar refractivity (Wildman–Crippen MR) is 99.3 cm³/mol. The molecule has 132 valence electrons. The Hall–Kier alpha value is -2.91.